The topological polar surface area (TPSA) is 34.0 Å². The summed E-state index contributed by atoms with van der Waals surface area (Å²) in [5, 5.41) is 4.21. The average molecular weight is 282 g/mol. The third kappa shape index (κ3) is 2.48. The summed E-state index contributed by atoms with van der Waals surface area (Å²) in [5.74, 6) is 0.942. The van der Waals surface area contributed by atoms with E-state index in [2.05, 4.69) is 33.3 Å². The second-order valence-corrected chi connectivity index (χ2v) is 6.48. The van der Waals surface area contributed by atoms with E-state index < -0.39 is 0 Å². The fourth-order valence-corrected chi connectivity index (χ4v) is 3.90. The largest absolute Gasteiger partial charge is 0.296 e. The molecule has 0 N–H and O–H groups in total. The van der Waals surface area contributed by atoms with E-state index in [4.69, 9.17) is 0 Å². The molecule has 2 aromatic heterocycles. The van der Waals surface area contributed by atoms with E-state index in [9.17, 15) is 0 Å². The van der Waals surface area contributed by atoms with Crippen molar-refractivity contribution in [1.82, 2.24) is 19.7 Å². The lowest BCUT2D eigenvalue weighted by atomic mass is 9.84. The summed E-state index contributed by atoms with van der Waals surface area (Å²) < 4.78 is 1.82. The zero-order valence-corrected chi connectivity index (χ0v) is 12.6. The summed E-state index contributed by atoms with van der Waals surface area (Å²) in [6, 6.07) is 4.98. The smallest absolute Gasteiger partial charge is 0.0733 e. The number of aromatic nitrogens is 3. The second kappa shape index (κ2) is 5.26. The van der Waals surface area contributed by atoms with Gasteiger partial charge in [-0.2, -0.15) is 5.10 Å². The van der Waals surface area contributed by atoms with Gasteiger partial charge in [-0.15, -0.1) is 0 Å². The average Bonchev–Trinajstić information content (AvgIpc) is 2.95. The van der Waals surface area contributed by atoms with Crippen molar-refractivity contribution in [2.24, 2.45) is 13.0 Å². The van der Waals surface area contributed by atoms with Crippen LogP contribution in [0, 0.1) is 5.92 Å². The third-order valence-electron chi connectivity index (χ3n) is 5.01. The molecule has 0 radical (unpaired) electrons. The van der Waals surface area contributed by atoms with Gasteiger partial charge in [0.05, 0.1) is 11.9 Å². The maximum atomic E-state index is 4.66. The van der Waals surface area contributed by atoms with E-state index in [0.717, 1.165) is 17.2 Å². The molecule has 4 rings (SSSR count). The molecule has 2 aliphatic heterocycles. The van der Waals surface area contributed by atoms with Crippen molar-refractivity contribution in [3.05, 3.63) is 36.3 Å². The number of pyridine rings is 1. The lowest BCUT2D eigenvalue weighted by Crippen LogP contribution is -2.42. The SMILES string of the molecule is Cn1cc(-c2ccc(C3CCC4CCCN3C4)cn2)cn1. The summed E-state index contributed by atoms with van der Waals surface area (Å²) in [5.41, 5.74) is 3.48. The summed E-state index contributed by atoms with van der Waals surface area (Å²) >= 11 is 0. The van der Waals surface area contributed by atoms with Crippen molar-refractivity contribution in [2.75, 3.05) is 13.1 Å². The predicted octanol–water partition coefficient (Wildman–Crippen LogP) is 3.03. The molecule has 4 heterocycles. The van der Waals surface area contributed by atoms with Crippen molar-refractivity contribution in [3.8, 4) is 11.3 Å². The first-order valence-corrected chi connectivity index (χ1v) is 7.98. The Labute approximate surface area is 125 Å². The maximum Gasteiger partial charge on any atom is 0.0733 e. The molecule has 3 unspecified atom stereocenters. The van der Waals surface area contributed by atoms with Gasteiger partial charge >= 0.3 is 0 Å². The molecule has 2 aromatic rings. The first-order valence-electron chi connectivity index (χ1n) is 7.98. The number of hydrogen-bond acceptors (Lipinski definition) is 3. The van der Waals surface area contributed by atoms with E-state index in [0.29, 0.717) is 6.04 Å². The molecule has 4 heteroatoms. The van der Waals surface area contributed by atoms with Gasteiger partial charge in [0, 0.05) is 37.6 Å². The molecule has 2 aliphatic rings. The van der Waals surface area contributed by atoms with Crippen molar-refractivity contribution in [1.29, 1.82) is 0 Å². The fraction of sp³-hybridized carbons (Fsp3) is 0.529. The van der Waals surface area contributed by atoms with Crippen LogP contribution in [0.2, 0.25) is 0 Å². The van der Waals surface area contributed by atoms with Gasteiger partial charge in [-0.1, -0.05) is 6.07 Å². The monoisotopic (exact) mass is 282 g/mol. The van der Waals surface area contributed by atoms with Gasteiger partial charge in [0.25, 0.3) is 0 Å². The van der Waals surface area contributed by atoms with Crippen LogP contribution in [0.15, 0.2) is 30.7 Å². The number of hydrogen-bond donors (Lipinski definition) is 0. The van der Waals surface area contributed by atoms with Crippen molar-refractivity contribution in [2.45, 2.75) is 31.7 Å². The Morgan fingerprint density at radius 2 is 2.10 bits per heavy atom. The molecule has 2 saturated heterocycles. The number of nitrogens with zero attached hydrogens (tertiary/aromatic N) is 4. The van der Waals surface area contributed by atoms with Crippen LogP contribution in [0.4, 0.5) is 0 Å². The number of aryl methyl sites for hydroxylation is 1. The van der Waals surface area contributed by atoms with Crippen LogP contribution >= 0.6 is 0 Å². The highest BCUT2D eigenvalue weighted by Gasteiger charge is 2.31. The molecular formula is C17H22N4. The van der Waals surface area contributed by atoms with Gasteiger partial charge in [-0.05, 0) is 49.8 Å². The molecule has 0 amide bonds. The molecule has 4 nitrogen and oxygen atoms in total. The van der Waals surface area contributed by atoms with Crippen LogP contribution in [0.1, 0.15) is 37.3 Å². The van der Waals surface area contributed by atoms with Crippen molar-refractivity contribution < 1.29 is 0 Å². The van der Waals surface area contributed by atoms with Gasteiger partial charge in [-0.25, -0.2) is 0 Å². The minimum atomic E-state index is 0.581. The van der Waals surface area contributed by atoms with E-state index in [1.54, 1.807) is 0 Å². The zero-order chi connectivity index (χ0) is 14.2. The number of piperidine rings is 2. The quantitative estimate of drug-likeness (QED) is 0.849. The fourth-order valence-electron chi connectivity index (χ4n) is 3.90. The highest BCUT2D eigenvalue weighted by molar-refractivity contribution is 5.56. The Bertz CT molecular complexity index is 616. The molecule has 0 aromatic carbocycles. The van der Waals surface area contributed by atoms with Crippen LogP contribution in [-0.2, 0) is 7.05 Å². The molecule has 2 fully saturated rings. The van der Waals surface area contributed by atoms with Gasteiger partial charge in [0.15, 0.2) is 0 Å². The highest BCUT2D eigenvalue weighted by Crippen LogP contribution is 2.38. The van der Waals surface area contributed by atoms with Crippen molar-refractivity contribution >= 4 is 0 Å². The minimum Gasteiger partial charge on any atom is -0.296 e. The molecule has 21 heavy (non-hydrogen) atoms. The Kier molecular flexibility index (Phi) is 3.26. The summed E-state index contributed by atoms with van der Waals surface area (Å²) in [6.07, 6.45) is 11.4. The molecule has 0 saturated carbocycles. The van der Waals surface area contributed by atoms with Crippen LogP contribution < -0.4 is 0 Å². The number of rotatable bonds is 2. The lowest BCUT2D eigenvalue weighted by molar-refractivity contribution is 0.0670. The van der Waals surface area contributed by atoms with Gasteiger partial charge < -0.3 is 0 Å². The first-order chi connectivity index (χ1) is 10.3. The Morgan fingerprint density at radius 3 is 2.86 bits per heavy atom. The number of fused-ring (bicyclic) bond motifs is 2. The normalized spacial score (nSPS) is 28.5. The highest BCUT2D eigenvalue weighted by atomic mass is 15.2. The molecule has 2 bridgehead atoms. The van der Waals surface area contributed by atoms with Gasteiger partial charge in [0.1, 0.15) is 0 Å². The van der Waals surface area contributed by atoms with Gasteiger partial charge in [-0.3, -0.25) is 14.6 Å². The minimum absolute atomic E-state index is 0.581. The van der Waals surface area contributed by atoms with Crippen LogP contribution in [0.3, 0.4) is 0 Å². The van der Waals surface area contributed by atoms with E-state index >= 15 is 0 Å². The second-order valence-electron chi connectivity index (χ2n) is 6.48. The predicted molar refractivity (Wildman–Crippen MR) is 82.7 cm³/mol. The Balaban J connectivity index is 1.56. The Hall–Kier alpha value is -1.68. The molecule has 0 aliphatic carbocycles. The van der Waals surface area contributed by atoms with Crippen molar-refractivity contribution in [3.63, 3.8) is 0 Å². The summed E-state index contributed by atoms with van der Waals surface area (Å²) in [7, 11) is 1.94. The van der Waals surface area contributed by atoms with E-state index in [1.165, 1.54) is 44.3 Å². The zero-order valence-electron chi connectivity index (χ0n) is 12.6. The van der Waals surface area contributed by atoms with Crippen LogP contribution in [0.5, 0.6) is 0 Å². The molecular weight excluding hydrogens is 260 g/mol. The molecule has 3 atom stereocenters. The van der Waals surface area contributed by atoms with E-state index in [1.807, 2.05) is 24.1 Å². The maximum absolute atomic E-state index is 4.66. The van der Waals surface area contributed by atoms with E-state index in [-0.39, 0.29) is 0 Å². The summed E-state index contributed by atoms with van der Waals surface area (Å²) in [6.45, 7) is 2.54. The van der Waals surface area contributed by atoms with Crippen LogP contribution in [0.25, 0.3) is 11.3 Å². The van der Waals surface area contributed by atoms with Gasteiger partial charge in [0.2, 0.25) is 0 Å². The first kappa shape index (κ1) is 13.0. The Morgan fingerprint density at radius 1 is 1.14 bits per heavy atom. The third-order valence-corrected chi connectivity index (χ3v) is 5.01. The molecule has 0 spiro atoms. The standard InChI is InChI=1S/C17H22N4/c1-20-12-15(10-19-20)16-6-5-14(9-18-16)17-7-4-13-3-2-8-21(17)11-13/h5-6,9-10,12-13,17H,2-4,7-8,11H2,1H3. The lowest BCUT2D eigenvalue weighted by Gasteiger charge is -2.43. The van der Waals surface area contributed by atoms with Crippen LogP contribution in [-0.4, -0.2) is 32.8 Å². The summed E-state index contributed by atoms with van der Waals surface area (Å²) in [4.78, 5) is 7.33. The molecule has 110 valence electrons.